The summed E-state index contributed by atoms with van der Waals surface area (Å²) in [7, 11) is 0. The van der Waals surface area contributed by atoms with Crippen molar-refractivity contribution in [3.8, 4) is 11.4 Å². The van der Waals surface area contributed by atoms with Crippen molar-refractivity contribution in [2.24, 2.45) is 4.99 Å². The number of guanidine groups is 1. The van der Waals surface area contributed by atoms with Crippen LogP contribution >= 0.6 is 22.9 Å². The first-order chi connectivity index (χ1) is 14.3. The zero-order valence-corrected chi connectivity index (χ0v) is 17.4. The van der Waals surface area contributed by atoms with E-state index in [2.05, 4.69) is 32.7 Å². The van der Waals surface area contributed by atoms with E-state index in [9.17, 15) is 0 Å². The average molecular weight is 425 g/mol. The van der Waals surface area contributed by atoms with Gasteiger partial charge in [0, 0.05) is 36.6 Å². The molecule has 5 rings (SSSR count). The molecule has 0 spiro atoms. The van der Waals surface area contributed by atoms with Crippen molar-refractivity contribution in [1.29, 1.82) is 0 Å². The maximum Gasteiger partial charge on any atom is 0.197 e. The number of anilines is 2. The van der Waals surface area contributed by atoms with Crippen LogP contribution in [0.2, 0.25) is 5.02 Å². The molecule has 2 N–H and O–H groups in total. The predicted molar refractivity (Wildman–Crippen MR) is 120 cm³/mol. The van der Waals surface area contributed by atoms with Crippen molar-refractivity contribution in [1.82, 2.24) is 15.3 Å². The summed E-state index contributed by atoms with van der Waals surface area (Å²) in [5, 5.41) is 10.2. The van der Waals surface area contributed by atoms with Gasteiger partial charge in [0.15, 0.2) is 11.1 Å². The van der Waals surface area contributed by atoms with Gasteiger partial charge in [0.05, 0.1) is 5.69 Å². The molecular formula is C21H21ClN6S. The second-order valence-corrected chi connectivity index (χ2v) is 8.37. The Labute approximate surface area is 178 Å². The molecule has 0 unspecified atom stereocenters. The van der Waals surface area contributed by atoms with E-state index >= 15 is 0 Å². The molecule has 0 aliphatic carbocycles. The van der Waals surface area contributed by atoms with Crippen LogP contribution in [0.15, 0.2) is 46.8 Å². The Morgan fingerprint density at radius 3 is 2.93 bits per heavy atom. The van der Waals surface area contributed by atoms with Gasteiger partial charge in [0.25, 0.3) is 0 Å². The van der Waals surface area contributed by atoms with Gasteiger partial charge in [-0.1, -0.05) is 29.8 Å². The summed E-state index contributed by atoms with van der Waals surface area (Å²) in [5.41, 5.74) is 4.28. The molecule has 1 aromatic carbocycles. The molecular weight excluding hydrogens is 404 g/mol. The fourth-order valence-corrected chi connectivity index (χ4v) is 4.66. The zero-order valence-electron chi connectivity index (χ0n) is 15.9. The van der Waals surface area contributed by atoms with E-state index in [1.807, 2.05) is 29.6 Å². The molecule has 0 radical (unpaired) electrons. The molecule has 6 nitrogen and oxygen atoms in total. The second-order valence-electron chi connectivity index (χ2n) is 7.10. The first-order valence-corrected chi connectivity index (χ1v) is 11.0. The van der Waals surface area contributed by atoms with Crippen LogP contribution < -0.4 is 15.5 Å². The summed E-state index contributed by atoms with van der Waals surface area (Å²) in [6.45, 7) is 3.52. The average Bonchev–Trinajstić information content (AvgIpc) is 3.23. The second kappa shape index (κ2) is 8.00. The van der Waals surface area contributed by atoms with Crippen LogP contribution in [0, 0.1) is 0 Å². The van der Waals surface area contributed by atoms with E-state index in [0.29, 0.717) is 0 Å². The number of nitrogens with one attached hydrogen (secondary N) is 2. The molecule has 2 aliphatic rings. The van der Waals surface area contributed by atoms with Crippen molar-refractivity contribution in [2.45, 2.75) is 19.4 Å². The highest BCUT2D eigenvalue weighted by atomic mass is 35.5. The third-order valence-electron chi connectivity index (χ3n) is 5.16. The molecule has 0 fully saturated rings. The molecule has 0 atom stereocenters. The van der Waals surface area contributed by atoms with Gasteiger partial charge < -0.3 is 15.5 Å². The van der Waals surface area contributed by atoms with Crippen LogP contribution in [-0.2, 0) is 13.0 Å². The van der Waals surface area contributed by atoms with Gasteiger partial charge in [-0.25, -0.2) is 9.97 Å². The van der Waals surface area contributed by atoms with Crippen molar-refractivity contribution in [3.63, 3.8) is 0 Å². The van der Waals surface area contributed by atoms with Crippen molar-refractivity contribution >= 4 is 39.8 Å². The summed E-state index contributed by atoms with van der Waals surface area (Å²) in [6.07, 6.45) is 2.00. The van der Waals surface area contributed by atoms with Gasteiger partial charge >= 0.3 is 0 Å². The van der Waals surface area contributed by atoms with Crippen LogP contribution in [-0.4, -0.2) is 35.6 Å². The summed E-state index contributed by atoms with van der Waals surface area (Å²) >= 11 is 7.91. The van der Waals surface area contributed by atoms with Gasteiger partial charge in [0.2, 0.25) is 0 Å². The van der Waals surface area contributed by atoms with E-state index in [1.54, 1.807) is 11.3 Å². The van der Waals surface area contributed by atoms with E-state index in [0.717, 1.165) is 72.3 Å². The minimum Gasteiger partial charge on any atom is -0.356 e. The maximum atomic E-state index is 6.35. The molecule has 0 bridgehead atoms. The van der Waals surface area contributed by atoms with Crippen LogP contribution in [0.3, 0.4) is 0 Å². The molecule has 8 heteroatoms. The quantitative estimate of drug-likeness (QED) is 0.660. The lowest BCUT2D eigenvalue weighted by Crippen LogP contribution is -2.35. The zero-order chi connectivity index (χ0) is 19.6. The monoisotopic (exact) mass is 424 g/mol. The Balaban J connectivity index is 1.35. The van der Waals surface area contributed by atoms with Gasteiger partial charge in [-0.2, -0.15) is 0 Å². The fraction of sp³-hybridized carbons (Fsp3) is 0.286. The highest BCUT2D eigenvalue weighted by molar-refractivity contribution is 7.14. The fourth-order valence-electron chi connectivity index (χ4n) is 3.67. The van der Waals surface area contributed by atoms with Crippen molar-refractivity contribution in [2.75, 3.05) is 29.9 Å². The number of pyridine rings is 1. The molecule has 4 heterocycles. The van der Waals surface area contributed by atoms with E-state index in [4.69, 9.17) is 21.6 Å². The third kappa shape index (κ3) is 3.93. The van der Waals surface area contributed by atoms with Crippen LogP contribution in [0.25, 0.3) is 11.4 Å². The Kier molecular flexibility index (Phi) is 5.08. The summed E-state index contributed by atoms with van der Waals surface area (Å²) in [4.78, 5) is 16.3. The van der Waals surface area contributed by atoms with Gasteiger partial charge in [0.1, 0.15) is 11.5 Å². The van der Waals surface area contributed by atoms with E-state index in [1.165, 1.54) is 11.1 Å². The molecule has 2 aromatic heterocycles. The Morgan fingerprint density at radius 2 is 2.03 bits per heavy atom. The Morgan fingerprint density at radius 1 is 1.10 bits per heavy atom. The minimum atomic E-state index is 0.796. The minimum absolute atomic E-state index is 0.796. The van der Waals surface area contributed by atoms with Gasteiger partial charge in [-0.3, -0.25) is 4.99 Å². The normalized spacial score (nSPS) is 16.0. The molecule has 0 saturated heterocycles. The number of fused-ring (bicyclic) bond motifs is 1. The summed E-state index contributed by atoms with van der Waals surface area (Å²) < 4.78 is 0. The number of nitrogens with zero attached hydrogens (tertiary/aromatic N) is 4. The number of thiazole rings is 1. The van der Waals surface area contributed by atoms with E-state index < -0.39 is 0 Å². The summed E-state index contributed by atoms with van der Waals surface area (Å²) in [5.74, 6) is 1.76. The number of rotatable bonds is 3. The maximum absolute atomic E-state index is 6.35. The molecule has 0 saturated carbocycles. The number of hydrogen-bond acceptors (Lipinski definition) is 7. The molecule has 3 aromatic rings. The van der Waals surface area contributed by atoms with E-state index in [-0.39, 0.29) is 0 Å². The topological polar surface area (TPSA) is 65.4 Å². The summed E-state index contributed by atoms with van der Waals surface area (Å²) in [6, 6.07) is 12.3. The molecule has 29 heavy (non-hydrogen) atoms. The lowest BCUT2D eigenvalue weighted by Gasteiger charge is -2.30. The molecule has 0 amide bonds. The highest BCUT2D eigenvalue weighted by Crippen LogP contribution is 2.30. The molecule has 2 aliphatic heterocycles. The first-order valence-electron chi connectivity index (χ1n) is 9.76. The number of hydrogen-bond donors (Lipinski definition) is 2. The van der Waals surface area contributed by atoms with Gasteiger partial charge in [-0.05, 0) is 42.2 Å². The number of benzene rings is 1. The smallest absolute Gasteiger partial charge is 0.197 e. The van der Waals surface area contributed by atoms with Crippen LogP contribution in [0.4, 0.5) is 10.9 Å². The molecule has 148 valence electrons. The lowest BCUT2D eigenvalue weighted by molar-refractivity contribution is 0.721. The lowest BCUT2D eigenvalue weighted by atomic mass is 10.00. The SMILES string of the molecule is Clc1cccc2c1CCN(c1cccc(-c3csc(NC4=NCCCN4)n3)n1)C2. The van der Waals surface area contributed by atoms with Crippen LogP contribution in [0.1, 0.15) is 17.5 Å². The van der Waals surface area contributed by atoms with Crippen LogP contribution in [0.5, 0.6) is 0 Å². The highest BCUT2D eigenvalue weighted by Gasteiger charge is 2.20. The number of aliphatic imine (C=N–C) groups is 1. The number of halogens is 1. The predicted octanol–water partition coefficient (Wildman–Crippen LogP) is 4.18. The standard InChI is InChI=1S/C21H21ClN6S/c22-16-5-1-4-14-12-28(11-8-15(14)16)19-7-2-6-17(25-19)18-13-29-21(26-18)27-20-23-9-3-10-24-20/h1-2,4-7,13H,3,8-12H2,(H2,23,24,26,27). The van der Waals surface area contributed by atoms with Gasteiger partial charge in [-0.15, -0.1) is 11.3 Å². The van der Waals surface area contributed by atoms with Crippen molar-refractivity contribution in [3.05, 3.63) is 57.9 Å². The number of aromatic nitrogens is 2. The Bertz CT molecular complexity index is 1060. The Hall–Kier alpha value is -2.64. The third-order valence-corrected chi connectivity index (χ3v) is 6.27. The largest absolute Gasteiger partial charge is 0.356 e. The van der Waals surface area contributed by atoms with Crippen molar-refractivity contribution < 1.29 is 0 Å². The first kappa shape index (κ1) is 18.4.